The third-order valence-corrected chi connectivity index (χ3v) is 4.48. The maximum atomic E-state index is 6.42. The first kappa shape index (κ1) is 13.7. The minimum Gasteiger partial charge on any atom is -0.367 e. The van der Waals surface area contributed by atoms with Gasteiger partial charge in [-0.25, -0.2) is 0 Å². The molecule has 100 valence electrons. The molecule has 2 unspecified atom stereocenters. The standard InChI is InChI=1S/C15H23ClN2/c1-10-5-4-8-18(12(10)3)15-7-6-13(11(2)17)9-14(15)16/h6-7,9-12H,4-5,8,17H2,1-3H3/t10?,11-,12?/m1/s1. The predicted octanol–water partition coefficient (Wildman–Crippen LogP) is 3.98. The van der Waals surface area contributed by atoms with E-state index in [-0.39, 0.29) is 6.04 Å². The fraction of sp³-hybridized carbons (Fsp3) is 0.600. The van der Waals surface area contributed by atoms with Crippen LogP contribution >= 0.6 is 11.6 Å². The molecule has 1 aliphatic rings. The molecule has 0 saturated carbocycles. The van der Waals surface area contributed by atoms with Crippen molar-refractivity contribution < 1.29 is 0 Å². The Labute approximate surface area is 115 Å². The minimum atomic E-state index is 0.0363. The SMILES string of the molecule is CC1CCCN(c2ccc([C@@H](C)N)cc2Cl)C1C. The number of piperidine rings is 1. The van der Waals surface area contributed by atoms with Crippen molar-refractivity contribution in [3.8, 4) is 0 Å². The number of benzene rings is 1. The van der Waals surface area contributed by atoms with Crippen LogP contribution in [0.3, 0.4) is 0 Å². The Morgan fingerprint density at radius 2 is 2.11 bits per heavy atom. The van der Waals surface area contributed by atoms with Gasteiger partial charge in [0, 0.05) is 18.6 Å². The Hall–Kier alpha value is -0.730. The summed E-state index contributed by atoms with van der Waals surface area (Å²) in [7, 11) is 0. The maximum Gasteiger partial charge on any atom is 0.0642 e. The highest BCUT2D eigenvalue weighted by atomic mass is 35.5. The van der Waals surface area contributed by atoms with Crippen molar-refractivity contribution in [3.63, 3.8) is 0 Å². The number of rotatable bonds is 2. The smallest absolute Gasteiger partial charge is 0.0642 e. The van der Waals surface area contributed by atoms with Crippen molar-refractivity contribution in [2.45, 2.75) is 45.7 Å². The lowest BCUT2D eigenvalue weighted by molar-refractivity contribution is 0.363. The summed E-state index contributed by atoms with van der Waals surface area (Å²) in [5.41, 5.74) is 8.14. The summed E-state index contributed by atoms with van der Waals surface area (Å²) >= 11 is 6.42. The molecule has 2 N–H and O–H groups in total. The quantitative estimate of drug-likeness (QED) is 0.877. The highest BCUT2D eigenvalue weighted by molar-refractivity contribution is 6.33. The van der Waals surface area contributed by atoms with Gasteiger partial charge >= 0.3 is 0 Å². The van der Waals surface area contributed by atoms with E-state index < -0.39 is 0 Å². The molecule has 0 spiro atoms. The van der Waals surface area contributed by atoms with Gasteiger partial charge in [0.05, 0.1) is 10.7 Å². The molecule has 0 aromatic heterocycles. The first-order valence-electron chi connectivity index (χ1n) is 6.82. The number of hydrogen-bond acceptors (Lipinski definition) is 2. The van der Waals surface area contributed by atoms with E-state index in [1.807, 2.05) is 13.0 Å². The summed E-state index contributed by atoms with van der Waals surface area (Å²) in [6.45, 7) is 7.69. The Kier molecular flexibility index (Phi) is 4.18. The van der Waals surface area contributed by atoms with Crippen LogP contribution in [0.5, 0.6) is 0 Å². The van der Waals surface area contributed by atoms with E-state index in [2.05, 4.69) is 30.9 Å². The molecule has 2 rings (SSSR count). The normalized spacial score (nSPS) is 26.2. The Morgan fingerprint density at radius 3 is 2.72 bits per heavy atom. The van der Waals surface area contributed by atoms with Crippen LogP contribution in [0.25, 0.3) is 0 Å². The van der Waals surface area contributed by atoms with Crippen LogP contribution in [0.1, 0.15) is 45.2 Å². The van der Waals surface area contributed by atoms with E-state index in [9.17, 15) is 0 Å². The highest BCUT2D eigenvalue weighted by Crippen LogP contribution is 2.34. The van der Waals surface area contributed by atoms with Gasteiger partial charge in [-0.05, 0) is 50.3 Å². The predicted molar refractivity (Wildman–Crippen MR) is 79.3 cm³/mol. The molecule has 3 atom stereocenters. The molecule has 3 heteroatoms. The molecule has 0 radical (unpaired) electrons. The summed E-state index contributed by atoms with van der Waals surface area (Å²) in [5.74, 6) is 0.725. The van der Waals surface area contributed by atoms with E-state index in [0.717, 1.165) is 28.7 Å². The molecule has 1 saturated heterocycles. The molecule has 0 amide bonds. The van der Waals surface area contributed by atoms with E-state index in [0.29, 0.717) is 6.04 Å². The largest absolute Gasteiger partial charge is 0.367 e. The maximum absolute atomic E-state index is 6.42. The van der Waals surface area contributed by atoms with Gasteiger partial charge in [0.2, 0.25) is 0 Å². The molecule has 0 bridgehead atoms. The van der Waals surface area contributed by atoms with E-state index >= 15 is 0 Å². The lowest BCUT2D eigenvalue weighted by atomic mass is 9.91. The van der Waals surface area contributed by atoms with Crippen LogP contribution < -0.4 is 10.6 Å². The fourth-order valence-electron chi connectivity index (χ4n) is 2.71. The number of halogens is 1. The average molecular weight is 267 g/mol. The van der Waals surface area contributed by atoms with Gasteiger partial charge in [-0.3, -0.25) is 0 Å². The Balaban J connectivity index is 2.27. The lowest BCUT2D eigenvalue weighted by Gasteiger charge is -2.40. The first-order valence-corrected chi connectivity index (χ1v) is 7.20. The zero-order valence-corrected chi connectivity index (χ0v) is 12.2. The zero-order valence-electron chi connectivity index (χ0n) is 11.5. The van der Waals surface area contributed by atoms with Crippen molar-refractivity contribution in [1.82, 2.24) is 0 Å². The van der Waals surface area contributed by atoms with Gasteiger partial charge < -0.3 is 10.6 Å². The summed E-state index contributed by atoms with van der Waals surface area (Å²) in [6, 6.07) is 6.81. The minimum absolute atomic E-state index is 0.0363. The van der Waals surface area contributed by atoms with Crippen molar-refractivity contribution >= 4 is 17.3 Å². The topological polar surface area (TPSA) is 29.3 Å². The van der Waals surface area contributed by atoms with Gasteiger partial charge in [-0.1, -0.05) is 24.6 Å². The molecule has 2 nitrogen and oxygen atoms in total. The van der Waals surface area contributed by atoms with Crippen molar-refractivity contribution in [2.75, 3.05) is 11.4 Å². The van der Waals surface area contributed by atoms with Gasteiger partial charge in [0.1, 0.15) is 0 Å². The number of nitrogens with two attached hydrogens (primary N) is 1. The Morgan fingerprint density at radius 1 is 1.39 bits per heavy atom. The summed E-state index contributed by atoms with van der Waals surface area (Å²) in [4.78, 5) is 2.43. The van der Waals surface area contributed by atoms with Gasteiger partial charge in [-0.2, -0.15) is 0 Å². The third-order valence-electron chi connectivity index (χ3n) is 4.18. The summed E-state index contributed by atoms with van der Waals surface area (Å²) < 4.78 is 0. The molecule has 1 aliphatic heterocycles. The Bertz CT molecular complexity index is 417. The first-order chi connectivity index (χ1) is 8.50. The third kappa shape index (κ3) is 2.65. The molecule has 1 heterocycles. The van der Waals surface area contributed by atoms with Crippen molar-refractivity contribution in [1.29, 1.82) is 0 Å². The van der Waals surface area contributed by atoms with Crippen molar-refractivity contribution in [3.05, 3.63) is 28.8 Å². The zero-order chi connectivity index (χ0) is 13.3. The average Bonchev–Trinajstić information content (AvgIpc) is 2.33. The van der Waals surface area contributed by atoms with E-state index in [1.54, 1.807) is 0 Å². The molecule has 0 aliphatic carbocycles. The molecule has 1 fully saturated rings. The number of hydrogen-bond donors (Lipinski definition) is 1. The van der Waals surface area contributed by atoms with E-state index in [4.69, 9.17) is 17.3 Å². The van der Waals surface area contributed by atoms with Crippen LogP contribution in [0, 0.1) is 5.92 Å². The molecule has 18 heavy (non-hydrogen) atoms. The van der Waals surface area contributed by atoms with Crippen LogP contribution in [-0.2, 0) is 0 Å². The van der Waals surface area contributed by atoms with Gasteiger partial charge in [-0.15, -0.1) is 0 Å². The van der Waals surface area contributed by atoms with Crippen molar-refractivity contribution in [2.24, 2.45) is 11.7 Å². The van der Waals surface area contributed by atoms with Crippen LogP contribution in [0.15, 0.2) is 18.2 Å². The fourth-order valence-corrected chi connectivity index (χ4v) is 3.01. The molecule has 1 aromatic carbocycles. The second-order valence-corrected chi connectivity index (χ2v) is 5.96. The van der Waals surface area contributed by atoms with Gasteiger partial charge in [0.25, 0.3) is 0 Å². The second kappa shape index (κ2) is 5.50. The lowest BCUT2D eigenvalue weighted by Crippen LogP contribution is -2.42. The monoisotopic (exact) mass is 266 g/mol. The second-order valence-electron chi connectivity index (χ2n) is 5.55. The van der Waals surface area contributed by atoms with Crippen LogP contribution in [-0.4, -0.2) is 12.6 Å². The van der Waals surface area contributed by atoms with Crippen LogP contribution in [0.2, 0.25) is 5.02 Å². The molecular weight excluding hydrogens is 244 g/mol. The van der Waals surface area contributed by atoms with E-state index in [1.165, 1.54) is 12.8 Å². The number of anilines is 1. The molecular formula is C15H23ClN2. The van der Waals surface area contributed by atoms with Gasteiger partial charge in [0.15, 0.2) is 0 Å². The van der Waals surface area contributed by atoms with Crippen LogP contribution in [0.4, 0.5) is 5.69 Å². The summed E-state index contributed by atoms with van der Waals surface area (Å²) in [6.07, 6.45) is 2.56. The highest BCUT2D eigenvalue weighted by Gasteiger charge is 2.26. The summed E-state index contributed by atoms with van der Waals surface area (Å²) in [5, 5.41) is 0.825. The molecule has 1 aromatic rings. The number of nitrogens with zero attached hydrogens (tertiary/aromatic N) is 1.